The van der Waals surface area contributed by atoms with Crippen molar-refractivity contribution in [3.63, 3.8) is 0 Å². The zero-order valence-electron chi connectivity index (χ0n) is 43.1. The van der Waals surface area contributed by atoms with Crippen LogP contribution in [0.5, 0.6) is 11.5 Å². The molecule has 0 N–H and O–H groups in total. The summed E-state index contributed by atoms with van der Waals surface area (Å²) in [6, 6.07) is 9.14. The van der Waals surface area contributed by atoms with Crippen molar-refractivity contribution in [2.24, 2.45) is 47.3 Å². The van der Waals surface area contributed by atoms with E-state index in [1.807, 2.05) is 45.3 Å². The van der Waals surface area contributed by atoms with Crippen LogP contribution >= 0.6 is 61.3 Å². The Kier molecular flexibility index (Phi) is 22.6. The highest BCUT2D eigenvalue weighted by molar-refractivity contribution is 9.11. The third-order valence-corrected chi connectivity index (χ3v) is 19.4. The molecule has 0 saturated heterocycles. The van der Waals surface area contributed by atoms with E-state index in [1.165, 1.54) is 137 Å². The average Bonchev–Trinajstić information content (AvgIpc) is 4.08. The molecule has 0 saturated carbocycles. The fourth-order valence-electron chi connectivity index (χ4n) is 10.3. The van der Waals surface area contributed by atoms with Crippen LogP contribution in [-0.4, -0.2) is 0 Å². The SMILES string of the molecule is CC(C)CCCC(C)CCC1(CCC(C)CCCC(C)C)Oc2ccsc2-c2sc(Br)cc21.CC(C)CCCC(C)CCC1(CCC(C)CCCC(C)C)Oc2ccsc2-c2sccc21. The highest BCUT2D eigenvalue weighted by atomic mass is 79.9. The van der Waals surface area contributed by atoms with Gasteiger partial charge in [0.2, 0.25) is 0 Å². The van der Waals surface area contributed by atoms with E-state index in [1.54, 1.807) is 0 Å². The molecule has 0 fully saturated rings. The van der Waals surface area contributed by atoms with Gasteiger partial charge in [-0.1, -0.05) is 160 Å². The monoisotopic (exact) mass is 1030 g/mol. The van der Waals surface area contributed by atoms with Gasteiger partial charge in [0, 0.05) is 11.1 Å². The summed E-state index contributed by atoms with van der Waals surface area (Å²) in [6.45, 7) is 28.5. The zero-order valence-corrected chi connectivity index (χ0v) is 48.0. The zero-order chi connectivity index (χ0) is 47.1. The van der Waals surface area contributed by atoms with Crippen LogP contribution in [0.2, 0.25) is 0 Å². The van der Waals surface area contributed by atoms with Crippen LogP contribution < -0.4 is 9.47 Å². The molecule has 366 valence electrons. The van der Waals surface area contributed by atoms with E-state index < -0.39 is 0 Å². The Labute approximate surface area is 424 Å². The van der Waals surface area contributed by atoms with Crippen LogP contribution in [0, 0.1) is 47.3 Å². The van der Waals surface area contributed by atoms with Gasteiger partial charge in [0.05, 0.1) is 23.3 Å². The topological polar surface area (TPSA) is 18.5 Å². The first kappa shape index (κ1) is 54.8. The Hall–Kier alpha value is -1.12. The lowest BCUT2D eigenvalue weighted by atomic mass is 9.79. The van der Waals surface area contributed by atoms with Crippen LogP contribution in [0.15, 0.2) is 44.2 Å². The summed E-state index contributed by atoms with van der Waals surface area (Å²) in [7, 11) is 0. The number of halogens is 1. The first-order valence-electron chi connectivity index (χ1n) is 26.4. The van der Waals surface area contributed by atoms with E-state index >= 15 is 0 Å². The molecule has 2 aliphatic rings. The molecular formula is C58H91BrO2S4. The largest absolute Gasteiger partial charge is 0.481 e. The van der Waals surface area contributed by atoms with E-state index in [9.17, 15) is 0 Å². The van der Waals surface area contributed by atoms with Crippen molar-refractivity contribution in [2.75, 3.05) is 0 Å². The minimum Gasteiger partial charge on any atom is -0.481 e. The average molecular weight is 1030 g/mol. The highest BCUT2D eigenvalue weighted by Gasteiger charge is 2.44. The molecule has 0 bridgehead atoms. The molecule has 65 heavy (non-hydrogen) atoms. The molecule has 7 heteroatoms. The number of rotatable bonds is 28. The van der Waals surface area contributed by atoms with Gasteiger partial charge in [-0.3, -0.25) is 0 Å². The van der Waals surface area contributed by atoms with Gasteiger partial charge in [0.1, 0.15) is 22.7 Å². The normalized spacial score (nSPS) is 19.5. The van der Waals surface area contributed by atoms with Crippen LogP contribution in [0.1, 0.15) is 223 Å². The predicted octanol–water partition coefficient (Wildman–Crippen LogP) is 21.9. The van der Waals surface area contributed by atoms with Gasteiger partial charge < -0.3 is 9.47 Å². The quantitative estimate of drug-likeness (QED) is 0.0564. The molecule has 4 aromatic rings. The smallest absolute Gasteiger partial charge is 0.140 e. The summed E-state index contributed by atoms with van der Waals surface area (Å²) in [4.78, 5) is 5.59. The molecule has 4 unspecified atom stereocenters. The Morgan fingerprint density at radius 1 is 0.415 bits per heavy atom. The summed E-state index contributed by atoms with van der Waals surface area (Å²) >= 11 is 11.3. The van der Waals surface area contributed by atoms with Gasteiger partial charge >= 0.3 is 0 Å². The highest BCUT2D eigenvalue weighted by Crippen LogP contribution is 2.57. The molecule has 2 nitrogen and oxygen atoms in total. The molecule has 0 amide bonds. The van der Waals surface area contributed by atoms with Gasteiger partial charge in [-0.25, -0.2) is 0 Å². The maximum absolute atomic E-state index is 6.98. The van der Waals surface area contributed by atoms with Crippen molar-refractivity contribution in [3.8, 4) is 31.0 Å². The third-order valence-electron chi connectivity index (χ3n) is 14.7. The van der Waals surface area contributed by atoms with Gasteiger partial charge in [-0.05, 0) is 155 Å². The van der Waals surface area contributed by atoms with Gasteiger partial charge in [0.25, 0.3) is 0 Å². The molecule has 4 atom stereocenters. The van der Waals surface area contributed by atoms with Gasteiger partial charge in [0.15, 0.2) is 0 Å². The second-order valence-electron chi connectivity index (χ2n) is 22.8. The van der Waals surface area contributed by atoms with Crippen LogP contribution in [0.25, 0.3) is 19.5 Å². The summed E-state index contributed by atoms with van der Waals surface area (Å²) in [6.07, 6.45) is 25.7. The van der Waals surface area contributed by atoms with E-state index in [4.69, 9.17) is 9.47 Å². The minimum absolute atomic E-state index is 0.137. The Morgan fingerprint density at radius 3 is 1.14 bits per heavy atom. The van der Waals surface area contributed by atoms with Crippen molar-refractivity contribution in [1.82, 2.24) is 0 Å². The number of hydrogen-bond acceptors (Lipinski definition) is 6. The molecule has 0 aromatic carbocycles. The van der Waals surface area contributed by atoms with Crippen LogP contribution in [0.3, 0.4) is 0 Å². The van der Waals surface area contributed by atoms with E-state index in [2.05, 4.69) is 139 Å². The third kappa shape index (κ3) is 16.5. The lowest BCUT2D eigenvalue weighted by molar-refractivity contribution is 0.0322. The van der Waals surface area contributed by atoms with E-state index in [-0.39, 0.29) is 11.2 Å². The van der Waals surface area contributed by atoms with Crippen molar-refractivity contribution < 1.29 is 9.47 Å². The van der Waals surface area contributed by atoms with Crippen molar-refractivity contribution in [2.45, 2.75) is 223 Å². The summed E-state index contributed by atoms with van der Waals surface area (Å²) in [5, 5.41) is 6.68. The lowest BCUT2D eigenvalue weighted by Crippen LogP contribution is -2.36. The number of thiophene rings is 4. The second-order valence-corrected chi connectivity index (χ2v) is 27.9. The fourth-order valence-corrected chi connectivity index (χ4v) is 15.0. The molecule has 0 radical (unpaired) electrons. The fraction of sp³-hybridized carbons (Fsp3) is 0.724. The molecule has 0 aliphatic carbocycles. The van der Waals surface area contributed by atoms with Crippen molar-refractivity contribution in [1.29, 1.82) is 0 Å². The number of fused-ring (bicyclic) bond motifs is 6. The van der Waals surface area contributed by atoms with E-state index in [0.717, 1.165) is 84.5 Å². The standard InChI is InChI=1S/C29H45BrOS2.C29H46OS2/c1-20(2)9-7-11-22(5)13-16-29(17-14-23(6)12-8-10-21(3)4)24-19-26(30)33-27(24)28-25(31-29)15-18-32-28;1-21(2)9-7-11-23(5)13-17-29(18-14-24(6)12-8-10-22(3)4)25-15-19-31-27(25)28-26(30-29)16-20-32-28/h15,18-23H,7-14,16-17H2,1-6H3;15-16,19-24H,7-14,17-18H2,1-6H3. The number of ether oxygens (including phenoxy) is 2. The maximum atomic E-state index is 6.98. The Balaban J connectivity index is 0.000000244. The van der Waals surface area contributed by atoms with E-state index in [0.29, 0.717) is 0 Å². The molecule has 4 aromatic heterocycles. The molecule has 6 rings (SSSR count). The summed E-state index contributed by atoms with van der Waals surface area (Å²) in [5.74, 6) is 8.54. The van der Waals surface area contributed by atoms with Crippen molar-refractivity contribution >= 4 is 61.3 Å². The Bertz CT molecular complexity index is 1880. The number of hydrogen-bond donors (Lipinski definition) is 0. The maximum Gasteiger partial charge on any atom is 0.140 e. The minimum atomic E-state index is -0.176. The molecule has 0 spiro atoms. The van der Waals surface area contributed by atoms with Crippen LogP contribution in [-0.2, 0) is 11.2 Å². The summed E-state index contributed by atoms with van der Waals surface area (Å²) in [5.41, 5.74) is 2.60. The van der Waals surface area contributed by atoms with Crippen molar-refractivity contribution in [3.05, 3.63) is 55.3 Å². The second kappa shape index (κ2) is 26.7. The molecule has 2 aliphatic heterocycles. The first-order chi connectivity index (χ1) is 31.0. The predicted molar refractivity (Wildman–Crippen MR) is 296 cm³/mol. The lowest BCUT2D eigenvalue weighted by Gasteiger charge is -2.39. The van der Waals surface area contributed by atoms with Gasteiger partial charge in [-0.2, -0.15) is 0 Å². The molecular weight excluding hydrogens is 937 g/mol. The first-order valence-corrected chi connectivity index (χ1v) is 30.7. The summed E-state index contributed by atoms with van der Waals surface area (Å²) < 4.78 is 15.2. The Morgan fingerprint density at radius 2 is 0.754 bits per heavy atom. The molecule has 6 heterocycles. The van der Waals surface area contributed by atoms with Gasteiger partial charge in [-0.15, -0.1) is 45.3 Å². The van der Waals surface area contributed by atoms with Crippen LogP contribution in [0.4, 0.5) is 0 Å².